The maximum atomic E-state index is 11.8. The highest BCUT2D eigenvalue weighted by Crippen LogP contribution is 2.28. The Morgan fingerprint density at radius 1 is 1.72 bits per heavy atom. The number of rotatable bonds is 4. The summed E-state index contributed by atoms with van der Waals surface area (Å²) in [6, 6.07) is 0.0696. The topological polar surface area (TPSA) is 58.4 Å². The van der Waals surface area contributed by atoms with Gasteiger partial charge in [0.25, 0.3) is 0 Å². The lowest BCUT2D eigenvalue weighted by Crippen LogP contribution is -2.50. The molecule has 0 spiro atoms. The van der Waals surface area contributed by atoms with E-state index in [9.17, 15) is 9.90 Å². The zero-order valence-corrected chi connectivity index (χ0v) is 12.4. The van der Waals surface area contributed by atoms with Crippen LogP contribution in [0.5, 0.6) is 0 Å². The minimum atomic E-state index is -0.298. The van der Waals surface area contributed by atoms with E-state index >= 15 is 0 Å². The average molecular weight is 337 g/mol. The van der Waals surface area contributed by atoms with Crippen molar-refractivity contribution in [2.75, 3.05) is 5.88 Å². The second-order valence-corrected chi connectivity index (χ2v) is 5.65. The second kappa shape index (κ2) is 5.59. The van der Waals surface area contributed by atoms with E-state index in [1.54, 1.807) is 9.58 Å². The highest BCUT2D eigenvalue weighted by atomic mass is 79.9. The Bertz CT molecular complexity index is 445. The van der Waals surface area contributed by atoms with Crippen LogP contribution in [0.1, 0.15) is 18.5 Å². The van der Waals surface area contributed by atoms with Gasteiger partial charge in [-0.25, -0.2) is 0 Å². The molecule has 1 aliphatic carbocycles. The summed E-state index contributed by atoms with van der Waals surface area (Å²) in [5, 5.41) is 13.6. The molecule has 0 unspecified atom stereocenters. The highest BCUT2D eigenvalue weighted by Gasteiger charge is 2.35. The Morgan fingerprint density at radius 2 is 2.39 bits per heavy atom. The number of hydrogen-bond donors (Lipinski definition) is 1. The van der Waals surface area contributed by atoms with Crippen LogP contribution in [-0.4, -0.2) is 43.7 Å². The molecule has 1 fully saturated rings. The molecule has 0 radical (unpaired) electrons. The van der Waals surface area contributed by atoms with Crippen LogP contribution in [0, 0.1) is 0 Å². The molecular formula is C11H15BrClN3O2. The monoisotopic (exact) mass is 335 g/mol. The quantitative estimate of drug-likeness (QED) is 0.843. The van der Waals surface area contributed by atoms with Crippen molar-refractivity contribution in [1.29, 1.82) is 0 Å². The molecule has 1 heterocycles. The smallest absolute Gasteiger partial charge is 0.238 e. The van der Waals surface area contributed by atoms with E-state index < -0.39 is 0 Å². The van der Waals surface area contributed by atoms with Gasteiger partial charge in [-0.1, -0.05) is 0 Å². The minimum Gasteiger partial charge on any atom is -0.393 e. The van der Waals surface area contributed by atoms with Crippen molar-refractivity contribution in [1.82, 2.24) is 14.7 Å². The lowest BCUT2D eigenvalue weighted by Gasteiger charge is -2.40. The number of aliphatic hydroxyl groups is 1. The van der Waals surface area contributed by atoms with Gasteiger partial charge in [0.15, 0.2) is 0 Å². The van der Waals surface area contributed by atoms with Crippen LogP contribution in [0.4, 0.5) is 0 Å². The van der Waals surface area contributed by atoms with Crippen molar-refractivity contribution in [3.63, 3.8) is 0 Å². The number of hydrogen-bond acceptors (Lipinski definition) is 3. The molecule has 0 saturated heterocycles. The van der Waals surface area contributed by atoms with Crippen molar-refractivity contribution >= 4 is 33.4 Å². The third-order valence-corrected chi connectivity index (χ3v) is 4.03. The Kier molecular flexibility index (Phi) is 4.29. The average Bonchev–Trinajstić information content (AvgIpc) is 2.60. The summed E-state index contributed by atoms with van der Waals surface area (Å²) in [6.07, 6.45) is 2.78. The molecule has 7 heteroatoms. The van der Waals surface area contributed by atoms with Crippen molar-refractivity contribution in [3.8, 4) is 0 Å². The van der Waals surface area contributed by atoms with Gasteiger partial charge in [0.1, 0.15) is 5.88 Å². The molecule has 0 atom stereocenters. The largest absolute Gasteiger partial charge is 0.393 e. The van der Waals surface area contributed by atoms with E-state index in [1.807, 2.05) is 13.2 Å². The van der Waals surface area contributed by atoms with Gasteiger partial charge in [0.05, 0.1) is 22.8 Å². The molecule has 100 valence electrons. The Hall–Kier alpha value is -0.590. The van der Waals surface area contributed by atoms with Gasteiger partial charge in [0.2, 0.25) is 5.91 Å². The maximum Gasteiger partial charge on any atom is 0.238 e. The summed E-state index contributed by atoms with van der Waals surface area (Å²) in [5.74, 6) is -0.164. The predicted molar refractivity (Wildman–Crippen MR) is 71.2 cm³/mol. The van der Waals surface area contributed by atoms with E-state index in [2.05, 4.69) is 21.0 Å². The van der Waals surface area contributed by atoms with E-state index in [0.717, 1.165) is 10.2 Å². The summed E-state index contributed by atoms with van der Waals surface area (Å²) >= 11 is 9.04. The van der Waals surface area contributed by atoms with E-state index in [0.29, 0.717) is 19.4 Å². The molecule has 1 aromatic rings. The number of carbonyl (C=O) groups excluding carboxylic acids is 1. The van der Waals surface area contributed by atoms with Crippen LogP contribution < -0.4 is 0 Å². The summed E-state index contributed by atoms with van der Waals surface area (Å²) < 4.78 is 2.57. The van der Waals surface area contributed by atoms with Gasteiger partial charge < -0.3 is 10.0 Å². The number of aliphatic hydroxyl groups excluding tert-OH is 1. The Labute approximate surface area is 119 Å². The molecule has 0 aromatic carbocycles. The van der Waals surface area contributed by atoms with Crippen LogP contribution in [0.25, 0.3) is 0 Å². The number of alkyl halides is 1. The first-order valence-electron chi connectivity index (χ1n) is 5.72. The lowest BCUT2D eigenvalue weighted by atomic mass is 9.88. The maximum absolute atomic E-state index is 11.8. The van der Waals surface area contributed by atoms with Crippen LogP contribution >= 0.6 is 27.5 Å². The van der Waals surface area contributed by atoms with Crippen molar-refractivity contribution in [2.45, 2.75) is 31.5 Å². The van der Waals surface area contributed by atoms with Crippen LogP contribution in [-0.2, 0) is 18.4 Å². The molecule has 1 amide bonds. The fourth-order valence-corrected chi connectivity index (χ4v) is 2.74. The van der Waals surface area contributed by atoms with Crippen molar-refractivity contribution in [2.24, 2.45) is 7.05 Å². The zero-order valence-electron chi connectivity index (χ0n) is 10.0. The van der Waals surface area contributed by atoms with Gasteiger partial charge in [-0.2, -0.15) is 5.10 Å². The SMILES string of the molecule is Cn1cc(Br)c(CN(C(=O)CCl)C2CC(O)C2)n1. The van der Waals surface area contributed by atoms with Gasteiger partial charge >= 0.3 is 0 Å². The fourth-order valence-electron chi connectivity index (χ4n) is 2.09. The molecule has 1 N–H and O–H groups in total. The van der Waals surface area contributed by atoms with Gasteiger partial charge in [-0.15, -0.1) is 11.6 Å². The number of nitrogens with zero attached hydrogens (tertiary/aromatic N) is 3. The van der Waals surface area contributed by atoms with Gasteiger partial charge in [-0.05, 0) is 28.8 Å². The normalized spacial score (nSPS) is 22.7. The first-order valence-corrected chi connectivity index (χ1v) is 7.05. The van der Waals surface area contributed by atoms with Crippen LogP contribution in [0.3, 0.4) is 0 Å². The fraction of sp³-hybridized carbons (Fsp3) is 0.636. The lowest BCUT2D eigenvalue weighted by molar-refractivity contribution is -0.136. The highest BCUT2D eigenvalue weighted by molar-refractivity contribution is 9.10. The summed E-state index contributed by atoms with van der Waals surface area (Å²) in [6.45, 7) is 0.421. The molecule has 5 nitrogen and oxygen atoms in total. The van der Waals surface area contributed by atoms with Crippen molar-refractivity contribution < 1.29 is 9.90 Å². The predicted octanol–water partition coefficient (Wildman–Crippen LogP) is 1.27. The first kappa shape index (κ1) is 13.8. The molecule has 1 saturated carbocycles. The minimum absolute atomic E-state index is 0.0446. The molecule has 0 bridgehead atoms. The molecular weight excluding hydrogens is 321 g/mol. The van der Waals surface area contributed by atoms with E-state index in [-0.39, 0.29) is 23.9 Å². The van der Waals surface area contributed by atoms with Gasteiger partial charge in [-0.3, -0.25) is 9.48 Å². The van der Waals surface area contributed by atoms with Crippen molar-refractivity contribution in [3.05, 3.63) is 16.4 Å². The third kappa shape index (κ3) is 2.87. The first-order chi connectivity index (χ1) is 8.51. The van der Waals surface area contributed by atoms with E-state index in [4.69, 9.17) is 11.6 Å². The second-order valence-electron chi connectivity index (χ2n) is 4.53. The van der Waals surface area contributed by atoms with Gasteiger partial charge in [0, 0.05) is 19.3 Å². The van der Waals surface area contributed by atoms with E-state index in [1.165, 1.54) is 0 Å². The van der Waals surface area contributed by atoms with Crippen LogP contribution in [0.2, 0.25) is 0 Å². The van der Waals surface area contributed by atoms with Crippen LogP contribution in [0.15, 0.2) is 10.7 Å². The summed E-state index contributed by atoms with van der Waals surface area (Å²) in [7, 11) is 1.83. The number of aryl methyl sites for hydroxylation is 1. The number of halogens is 2. The molecule has 18 heavy (non-hydrogen) atoms. The molecule has 2 rings (SSSR count). The summed E-state index contributed by atoms with van der Waals surface area (Å²) in [4.78, 5) is 13.5. The number of amides is 1. The zero-order chi connectivity index (χ0) is 13.3. The summed E-state index contributed by atoms with van der Waals surface area (Å²) in [5.41, 5.74) is 0.803. The number of carbonyl (C=O) groups is 1. The molecule has 0 aliphatic heterocycles. The molecule has 1 aromatic heterocycles. The number of aromatic nitrogens is 2. The Balaban J connectivity index is 2.10. The molecule has 1 aliphatic rings. The third-order valence-electron chi connectivity index (χ3n) is 3.14. The Morgan fingerprint density at radius 3 is 2.83 bits per heavy atom. The standard InChI is InChI=1S/C11H15BrClN3O2/c1-15-5-9(12)10(14-15)6-16(11(18)4-13)7-2-8(17)3-7/h5,7-8,17H,2-4,6H2,1H3.